The van der Waals surface area contributed by atoms with Gasteiger partial charge in [-0.1, -0.05) is 12.1 Å². The van der Waals surface area contributed by atoms with Crippen molar-refractivity contribution in [3.8, 4) is 23.1 Å². The number of nitrogens with zero attached hydrogens (tertiary/aromatic N) is 4. The standard InChI is InChI=1S/C27H27F4N5O3/c1-26(39,27(29,30)31)24(38)35-14-12-16(13-15-35)6-11-19-22(17-7-9-18(28)10-8-17)34-36(23(19)37)25-32-20-4-2-3-5-21(20)33-25/h2-5,7-10,16,37,39H,6,11-15H2,1H3,(H,32,33)/t26-/m0/s1. The second-order valence-electron chi connectivity index (χ2n) is 9.99. The lowest BCUT2D eigenvalue weighted by molar-refractivity contribution is -0.250. The Bertz CT molecular complexity index is 1450. The molecule has 8 nitrogen and oxygen atoms in total. The first-order valence-electron chi connectivity index (χ1n) is 12.6. The molecule has 2 aromatic heterocycles. The molecular formula is C27H27F4N5O3. The summed E-state index contributed by atoms with van der Waals surface area (Å²) >= 11 is 0. The number of carbonyl (C=O) groups is 1. The number of fused-ring (bicyclic) bond motifs is 1. The highest BCUT2D eigenvalue weighted by Gasteiger charge is 2.57. The summed E-state index contributed by atoms with van der Waals surface area (Å²) in [6.07, 6.45) is -3.20. The fourth-order valence-electron chi connectivity index (χ4n) is 4.90. The minimum atomic E-state index is -5.06. The van der Waals surface area contributed by atoms with Gasteiger partial charge in [-0.2, -0.15) is 23.0 Å². The number of aliphatic hydroxyl groups is 1. The Morgan fingerprint density at radius 3 is 2.41 bits per heavy atom. The van der Waals surface area contributed by atoms with E-state index in [1.807, 2.05) is 24.3 Å². The maximum absolute atomic E-state index is 13.6. The third-order valence-corrected chi connectivity index (χ3v) is 7.32. The van der Waals surface area contributed by atoms with Crippen molar-refractivity contribution in [2.75, 3.05) is 13.1 Å². The van der Waals surface area contributed by atoms with Gasteiger partial charge in [0.2, 0.25) is 17.4 Å². The Morgan fingerprint density at radius 2 is 1.77 bits per heavy atom. The zero-order chi connectivity index (χ0) is 27.9. The molecule has 0 unspecified atom stereocenters. The lowest BCUT2D eigenvalue weighted by Gasteiger charge is -2.36. The van der Waals surface area contributed by atoms with Gasteiger partial charge < -0.3 is 20.1 Å². The van der Waals surface area contributed by atoms with Crippen molar-refractivity contribution in [3.63, 3.8) is 0 Å². The van der Waals surface area contributed by atoms with Crippen LogP contribution in [0.1, 0.15) is 31.7 Å². The maximum atomic E-state index is 13.6. The molecule has 1 aliphatic heterocycles. The van der Waals surface area contributed by atoms with Crippen LogP contribution in [0.2, 0.25) is 0 Å². The van der Waals surface area contributed by atoms with Crippen molar-refractivity contribution in [1.29, 1.82) is 0 Å². The molecule has 206 valence electrons. The first-order chi connectivity index (χ1) is 18.5. The molecule has 1 atom stereocenters. The van der Waals surface area contributed by atoms with E-state index in [4.69, 9.17) is 0 Å². The van der Waals surface area contributed by atoms with Crippen molar-refractivity contribution in [1.82, 2.24) is 24.6 Å². The number of hydrogen-bond acceptors (Lipinski definition) is 5. The highest BCUT2D eigenvalue weighted by molar-refractivity contribution is 5.85. The Morgan fingerprint density at radius 1 is 1.10 bits per heavy atom. The Balaban J connectivity index is 1.35. The molecule has 0 bridgehead atoms. The second kappa shape index (κ2) is 9.99. The first kappa shape index (κ1) is 26.7. The van der Waals surface area contributed by atoms with E-state index in [-0.39, 0.29) is 24.9 Å². The number of amides is 1. The number of imidazole rings is 1. The smallest absolute Gasteiger partial charge is 0.426 e. The van der Waals surface area contributed by atoms with Gasteiger partial charge in [0, 0.05) is 24.2 Å². The first-order valence-corrected chi connectivity index (χ1v) is 12.6. The number of piperidine rings is 1. The summed E-state index contributed by atoms with van der Waals surface area (Å²) in [7, 11) is 0. The van der Waals surface area contributed by atoms with E-state index in [9.17, 15) is 32.6 Å². The third kappa shape index (κ3) is 5.08. The minimum absolute atomic E-state index is 0.0694. The average molecular weight is 546 g/mol. The molecule has 12 heteroatoms. The van der Waals surface area contributed by atoms with Crippen LogP contribution in [-0.2, 0) is 11.2 Å². The zero-order valence-electron chi connectivity index (χ0n) is 21.0. The van der Waals surface area contributed by atoms with Gasteiger partial charge in [-0.3, -0.25) is 4.79 Å². The van der Waals surface area contributed by atoms with E-state index < -0.39 is 23.5 Å². The van der Waals surface area contributed by atoms with E-state index in [1.165, 1.54) is 16.8 Å². The molecule has 0 aliphatic carbocycles. The maximum Gasteiger partial charge on any atom is 0.426 e. The van der Waals surface area contributed by atoms with E-state index in [0.717, 1.165) is 10.4 Å². The molecule has 4 aromatic rings. The summed E-state index contributed by atoms with van der Waals surface area (Å²) in [6, 6.07) is 13.1. The molecule has 1 saturated heterocycles. The molecule has 0 radical (unpaired) electrons. The number of benzene rings is 2. The van der Waals surface area contributed by atoms with Gasteiger partial charge in [-0.05, 0) is 74.9 Å². The van der Waals surface area contributed by atoms with Gasteiger partial charge in [0.15, 0.2) is 0 Å². The largest absolute Gasteiger partial charge is 0.493 e. The van der Waals surface area contributed by atoms with Crippen LogP contribution in [0, 0.1) is 11.7 Å². The van der Waals surface area contributed by atoms with E-state index in [1.54, 1.807) is 12.1 Å². The lowest BCUT2D eigenvalue weighted by Crippen LogP contribution is -2.57. The number of H-pyrrole nitrogens is 1. The SMILES string of the molecule is C[C@](O)(C(=O)N1CCC(CCc2c(-c3ccc(F)cc3)nn(-c3nc4ccccc4[nH]3)c2O)CC1)C(F)(F)F. The molecule has 1 amide bonds. The highest BCUT2D eigenvalue weighted by Crippen LogP contribution is 2.36. The van der Waals surface area contributed by atoms with Gasteiger partial charge in [0.25, 0.3) is 5.91 Å². The summed E-state index contributed by atoms with van der Waals surface area (Å²) in [4.78, 5) is 21.0. The Labute approximate surface area is 220 Å². The highest BCUT2D eigenvalue weighted by atomic mass is 19.4. The topological polar surface area (TPSA) is 107 Å². The van der Waals surface area contributed by atoms with Gasteiger partial charge >= 0.3 is 6.18 Å². The molecule has 1 aliphatic rings. The van der Waals surface area contributed by atoms with Crippen molar-refractivity contribution in [3.05, 3.63) is 59.9 Å². The number of para-hydroxylation sites is 2. The zero-order valence-corrected chi connectivity index (χ0v) is 21.0. The number of nitrogens with one attached hydrogen (secondary N) is 1. The van der Waals surface area contributed by atoms with Crippen LogP contribution in [0.4, 0.5) is 17.6 Å². The number of alkyl halides is 3. The average Bonchev–Trinajstić information content (AvgIpc) is 3.48. The number of aromatic nitrogens is 4. The van der Waals surface area contributed by atoms with Crippen LogP contribution in [0.15, 0.2) is 48.5 Å². The normalized spacial score (nSPS) is 16.5. The summed E-state index contributed by atoms with van der Waals surface area (Å²) in [5.41, 5.74) is -0.383. The third-order valence-electron chi connectivity index (χ3n) is 7.32. The molecule has 1 fully saturated rings. The lowest BCUT2D eigenvalue weighted by atomic mass is 9.89. The summed E-state index contributed by atoms with van der Waals surface area (Å²) in [5, 5.41) is 25.5. The molecule has 39 heavy (non-hydrogen) atoms. The summed E-state index contributed by atoms with van der Waals surface area (Å²) < 4.78 is 54.2. The van der Waals surface area contributed by atoms with Gasteiger partial charge in [-0.15, -0.1) is 0 Å². The van der Waals surface area contributed by atoms with E-state index in [2.05, 4.69) is 15.1 Å². The predicted octanol–water partition coefficient (Wildman–Crippen LogP) is 4.74. The van der Waals surface area contributed by atoms with E-state index in [0.29, 0.717) is 60.9 Å². The number of carbonyl (C=O) groups excluding carboxylic acids is 1. The summed E-state index contributed by atoms with van der Waals surface area (Å²) in [5.74, 6) is -1.50. The fourth-order valence-corrected chi connectivity index (χ4v) is 4.90. The van der Waals surface area contributed by atoms with E-state index >= 15 is 0 Å². The van der Waals surface area contributed by atoms with Crippen molar-refractivity contribution >= 4 is 16.9 Å². The van der Waals surface area contributed by atoms with Crippen LogP contribution in [0.25, 0.3) is 28.2 Å². The minimum Gasteiger partial charge on any atom is -0.493 e. The number of halogens is 4. The second-order valence-corrected chi connectivity index (χ2v) is 9.99. The van der Waals surface area contributed by atoms with Crippen LogP contribution in [0.3, 0.4) is 0 Å². The Hall–Kier alpha value is -3.93. The van der Waals surface area contributed by atoms with Crippen molar-refractivity contribution < 1.29 is 32.6 Å². The van der Waals surface area contributed by atoms with Crippen LogP contribution in [-0.4, -0.2) is 65.6 Å². The van der Waals surface area contributed by atoms with Crippen LogP contribution >= 0.6 is 0 Å². The quantitative estimate of drug-likeness (QED) is 0.304. The number of likely N-dealkylation sites (tertiary alicyclic amines) is 1. The number of aromatic amines is 1. The molecule has 0 saturated carbocycles. The van der Waals surface area contributed by atoms with Crippen molar-refractivity contribution in [2.45, 2.75) is 44.4 Å². The fraction of sp³-hybridized carbons (Fsp3) is 0.370. The molecule has 0 spiro atoms. The molecule has 2 aromatic carbocycles. The van der Waals surface area contributed by atoms with Crippen LogP contribution < -0.4 is 0 Å². The molecule has 5 rings (SSSR count). The predicted molar refractivity (Wildman–Crippen MR) is 135 cm³/mol. The summed E-state index contributed by atoms with van der Waals surface area (Å²) in [6.45, 7) is 0.649. The van der Waals surface area contributed by atoms with Gasteiger partial charge in [0.05, 0.1) is 11.0 Å². The molecule has 3 heterocycles. The van der Waals surface area contributed by atoms with Crippen LogP contribution in [0.5, 0.6) is 5.88 Å². The number of rotatable bonds is 6. The number of aromatic hydroxyl groups is 1. The monoisotopic (exact) mass is 545 g/mol. The molecule has 3 N–H and O–H groups in total. The van der Waals surface area contributed by atoms with Gasteiger partial charge in [0.1, 0.15) is 11.5 Å². The Kier molecular flexibility index (Phi) is 6.83. The van der Waals surface area contributed by atoms with Crippen molar-refractivity contribution in [2.24, 2.45) is 5.92 Å². The number of hydrogen-bond donors (Lipinski definition) is 3. The molecular weight excluding hydrogens is 518 g/mol. The van der Waals surface area contributed by atoms with Gasteiger partial charge in [-0.25, -0.2) is 9.37 Å².